The van der Waals surface area contributed by atoms with Gasteiger partial charge >= 0.3 is 0 Å². The number of carbonyl (C=O) groups excluding carboxylic acids is 1. The Bertz CT molecular complexity index is 938. The number of rotatable bonds is 7. The summed E-state index contributed by atoms with van der Waals surface area (Å²) in [5.41, 5.74) is 1.55. The van der Waals surface area contributed by atoms with E-state index >= 15 is 0 Å². The average Bonchev–Trinajstić information content (AvgIpc) is 3.07. The van der Waals surface area contributed by atoms with Crippen molar-refractivity contribution in [2.45, 2.75) is 17.3 Å². The molecule has 2 aromatic carbocycles. The zero-order valence-electron chi connectivity index (χ0n) is 15.7. The highest BCUT2D eigenvalue weighted by atomic mass is 32.2. The van der Waals surface area contributed by atoms with Crippen LogP contribution in [0.4, 0.5) is 0 Å². The van der Waals surface area contributed by atoms with E-state index in [9.17, 15) is 4.79 Å². The van der Waals surface area contributed by atoms with Gasteiger partial charge in [-0.3, -0.25) is 4.79 Å². The normalized spacial score (nSPS) is 11.9. The molecule has 27 heavy (non-hydrogen) atoms. The Hall–Kier alpha value is -2.80. The van der Waals surface area contributed by atoms with E-state index in [0.29, 0.717) is 10.7 Å². The lowest BCUT2D eigenvalue weighted by Crippen LogP contribution is -2.14. The highest BCUT2D eigenvalue weighted by Crippen LogP contribution is 2.29. The molecule has 1 unspecified atom stereocenters. The maximum Gasteiger partial charge on any atom is 0.191 e. The minimum absolute atomic E-state index is 0.0357. The molecular weight excluding hydrogens is 362 g/mol. The first-order valence-corrected chi connectivity index (χ1v) is 9.30. The smallest absolute Gasteiger partial charge is 0.191 e. The minimum atomic E-state index is -0.292. The third-order valence-corrected chi connectivity index (χ3v) is 5.32. The highest BCUT2D eigenvalue weighted by Gasteiger charge is 2.20. The number of aromatic nitrogens is 3. The van der Waals surface area contributed by atoms with Crippen LogP contribution in [0.2, 0.25) is 0 Å². The van der Waals surface area contributed by atoms with Crippen LogP contribution in [-0.2, 0) is 7.05 Å². The van der Waals surface area contributed by atoms with Crippen LogP contribution in [0.25, 0.3) is 11.4 Å². The van der Waals surface area contributed by atoms with E-state index in [-0.39, 0.29) is 11.0 Å². The van der Waals surface area contributed by atoms with Crippen LogP contribution >= 0.6 is 11.8 Å². The molecule has 3 aromatic rings. The Morgan fingerprint density at radius 3 is 2.41 bits per heavy atom. The van der Waals surface area contributed by atoms with Gasteiger partial charge < -0.3 is 14.0 Å². The van der Waals surface area contributed by atoms with Crippen LogP contribution in [0.3, 0.4) is 0 Å². The first-order valence-electron chi connectivity index (χ1n) is 8.42. The number of ketones is 1. The lowest BCUT2D eigenvalue weighted by molar-refractivity contribution is 0.0994. The molecule has 0 amide bonds. The summed E-state index contributed by atoms with van der Waals surface area (Å²) in [6.07, 6.45) is 0. The summed E-state index contributed by atoms with van der Waals surface area (Å²) in [5.74, 6) is 2.24. The zero-order chi connectivity index (χ0) is 19.4. The van der Waals surface area contributed by atoms with Gasteiger partial charge in [0, 0.05) is 18.2 Å². The van der Waals surface area contributed by atoms with E-state index < -0.39 is 0 Å². The standard InChI is InChI=1S/C20H21N3O3S/c1-13(18(24)14-8-10-16(25-3)11-9-14)27-20-22-21-19(23(20)2)15-6-5-7-17(12-15)26-4/h5-13H,1-4H3. The topological polar surface area (TPSA) is 66.2 Å². The summed E-state index contributed by atoms with van der Waals surface area (Å²) in [6, 6.07) is 14.8. The number of ether oxygens (including phenoxy) is 2. The third-order valence-electron chi connectivity index (χ3n) is 4.19. The van der Waals surface area contributed by atoms with Crippen molar-refractivity contribution in [3.8, 4) is 22.9 Å². The van der Waals surface area contributed by atoms with Gasteiger partial charge in [-0.2, -0.15) is 0 Å². The largest absolute Gasteiger partial charge is 0.497 e. The van der Waals surface area contributed by atoms with Crippen molar-refractivity contribution in [1.82, 2.24) is 14.8 Å². The van der Waals surface area contributed by atoms with Gasteiger partial charge in [-0.1, -0.05) is 23.9 Å². The van der Waals surface area contributed by atoms with Gasteiger partial charge in [-0.25, -0.2) is 0 Å². The molecule has 0 N–H and O–H groups in total. The van der Waals surface area contributed by atoms with Crippen LogP contribution in [-0.4, -0.2) is 40.0 Å². The first-order chi connectivity index (χ1) is 13.0. The predicted molar refractivity (Wildman–Crippen MR) is 106 cm³/mol. The molecule has 1 aromatic heterocycles. The SMILES string of the molecule is COc1ccc(C(=O)C(C)Sc2nnc(-c3cccc(OC)c3)n2C)cc1. The lowest BCUT2D eigenvalue weighted by Gasteiger charge is -2.11. The van der Waals surface area contributed by atoms with E-state index in [1.165, 1.54) is 11.8 Å². The molecule has 0 fully saturated rings. The minimum Gasteiger partial charge on any atom is -0.497 e. The van der Waals surface area contributed by atoms with Gasteiger partial charge in [0.25, 0.3) is 0 Å². The van der Waals surface area contributed by atoms with Gasteiger partial charge in [0.2, 0.25) is 0 Å². The Labute approximate surface area is 162 Å². The second-order valence-electron chi connectivity index (χ2n) is 5.95. The Balaban J connectivity index is 1.77. The van der Waals surface area contributed by atoms with Crippen molar-refractivity contribution in [2.24, 2.45) is 7.05 Å². The number of benzene rings is 2. The molecule has 7 heteroatoms. The van der Waals surface area contributed by atoms with Gasteiger partial charge in [-0.05, 0) is 43.3 Å². The molecule has 0 aliphatic rings. The lowest BCUT2D eigenvalue weighted by atomic mass is 10.1. The van der Waals surface area contributed by atoms with Crippen molar-refractivity contribution in [3.05, 3.63) is 54.1 Å². The fourth-order valence-corrected chi connectivity index (χ4v) is 3.52. The molecule has 140 valence electrons. The molecule has 1 atom stereocenters. The monoisotopic (exact) mass is 383 g/mol. The summed E-state index contributed by atoms with van der Waals surface area (Å²) in [5, 5.41) is 8.92. The fraction of sp³-hybridized carbons (Fsp3) is 0.250. The van der Waals surface area contributed by atoms with Crippen molar-refractivity contribution >= 4 is 17.5 Å². The van der Waals surface area contributed by atoms with Crippen LogP contribution in [0.15, 0.2) is 53.7 Å². The molecule has 3 rings (SSSR count). The predicted octanol–water partition coefficient (Wildman–Crippen LogP) is 3.86. The molecule has 0 bridgehead atoms. The maximum atomic E-state index is 12.7. The molecular formula is C20H21N3O3S. The molecule has 0 aliphatic carbocycles. The Kier molecular flexibility index (Phi) is 5.81. The number of hydrogen-bond donors (Lipinski definition) is 0. The van der Waals surface area contributed by atoms with Crippen molar-refractivity contribution < 1.29 is 14.3 Å². The second-order valence-corrected chi connectivity index (χ2v) is 7.26. The van der Waals surface area contributed by atoms with Crippen molar-refractivity contribution in [1.29, 1.82) is 0 Å². The highest BCUT2D eigenvalue weighted by molar-refractivity contribution is 8.00. The van der Waals surface area contributed by atoms with Crippen LogP contribution < -0.4 is 9.47 Å². The van der Waals surface area contributed by atoms with Gasteiger partial charge in [0.15, 0.2) is 16.8 Å². The number of nitrogens with zero attached hydrogens (tertiary/aromatic N) is 3. The Morgan fingerprint density at radius 2 is 1.74 bits per heavy atom. The summed E-state index contributed by atoms with van der Waals surface area (Å²) in [7, 11) is 5.12. The number of carbonyl (C=O) groups is 1. The second kappa shape index (κ2) is 8.26. The van der Waals surface area contributed by atoms with E-state index in [1.807, 2.05) is 42.8 Å². The first kappa shape index (κ1) is 19.0. The van der Waals surface area contributed by atoms with Crippen LogP contribution in [0.5, 0.6) is 11.5 Å². The van der Waals surface area contributed by atoms with Crippen LogP contribution in [0.1, 0.15) is 17.3 Å². The molecule has 6 nitrogen and oxygen atoms in total. The van der Waals surface area contributed by atoms with E-state index in [1.54, 1.807) is 38.5 Å². The summed E-state index contributed by atoms with van der Waals surface area (Å²) >= 11 is 1.39. The maximum absolute atomic E-state index is 12.7. The van der Waals surface area contributed by atoms with E-state index in [2.05, 4.69) is 10.2 Å². The third kappa shape index (κ3) is 4.14. The number of Topliss-reactive ketones (excluding diaryl/α,β-unsaturated/α-hetero) is 1. The molecule has 0 spiro atoms. The summed E-state index contributed by atoms with van der Waals surface area (Å²) < 4.78 is 12.3. The fourth-order valence-electron chi connectivity index (χ4n) is 2.63. The van der Waals surface area contributed by atoms with Gasteiger partial charge in [0.1, 0.15) is 11.5 Å². The number of methoxy groups -OCH3 is 2. The molecule has 0 saturated heterocycles. The molecule has 0 aliphatic heterocycles. The molecule has 1 heterocycles. The molecule has 0 radical (unpaired) electrons. The average molecular weight is 383 g/mol. The molecule has 0 saturated carbocycles. The summed E-state index contributed by atoms with van der Waals surface area (Å²) in [4.78, 5) is 12.7. The number of thioether (sulfide) groups is 1. The number of hydrogen-bond acceptors (Lipinski definition) is 6. The van der Waals surface area contributed by atoms with E-state index in [0.717, 1.165) is 22.9 Å². The van der Waals surface area contributed by atoms with Crippen molar-refractivity contribution in [3.63, 3.8) is 0 Å². The zero-order valence-corrected chi connectivity index (χ0v) is 16.5. The van der Waals surface area contributed by atoms with Crippen LogP contribution in [0, 0.1) is 0 Å². The quantitative estimate of drug-likeness (QED) is 0.456. The van der Waals surface area contributed by atoms with Gasteiger partial charge in [-0.15, -0.1) is 10.2 Å². The van der Waals surface area contributed by atoms with Gasteiger partial charge in [0.05, 0.1) is 19.5 Å². The Morgan fingerprint density at radius 1 is 1.04 bits per heavy atom. The summed E-state index contributed by atoms with van der Waals surface area (Å²) in [6.45, 7) is 1.87. The van der Waals surface area contributed by atoms with E-state index in [4.69, 9.17) is 9.47 Å². The van der Waals surface area contributed by atoms with Crippen molar-refractivity contribution in [2.75, 3.05) is 14.2 Å².